The van der Waals surface area contributed by atoms with E-state index in [2.05, 4.69) is 10.0 Å². The van der Waals surface area contributed by atoms with Crippen LogP contribution in [0, 0.1) is 10.1 Å². The minimum Gasteiger partial charge on any atom is -0.497 e. The molecule has 2 aromatic carbocycles. The van der Waals surface area contributed by atoms with Crippen molar-refractivity contribution in [2.75, 3.05) is 26.8 Å². The van der Waals surface area contributed by atoms with Gasteiger partial charge in [0.1, 0.15) is 5.75 Å². The zero-order valence-electron chi connectivity index (χ0n) is 16.8. The van der Waals surface area contributed by atoms with Gasteiger partial charge < -0.3 is 14.8 Å². The Bertz CT molecular complexity index is 1070. The molecule has 0 unspecified atom stereocenters. The first-order valence-electron chi connectivity index (χ1n) is 9.06. The standard InChI is InChI=1S/C19H21N3O8S/c1-3-30-19(24)14-10-13(11-15(12-14)22(25)26)18(23)20-8-9-21-31(27,28)17-6-4-16(29-2)5-7-17/h4-7,10-12,21H,3,8-9H2,1-2H3,(H,20,23). The van der Waals surface area contributed by atoms with Gasteiger partial charge in [-0.15, -0.1) is 0 Å². The van der Waals surface area contributed by atoms with Crippen LogP contribution < -0.4 is 14.8 Å². The zero-order valence-corrected chi connectivity index (χ0v) is 17.6. The molecule has 0 aliphatic carbocycles. The average molecular weight is 451 g/mol. The smallest absolute Gasteiger partial charge is 0.338 e. The number of nitro benzene ring substituents is 1. The number of nitrogens with one attached hydrogen (secondary N) is 2. The Morgan fingerprint density at radius 2 is 1.71 bits per heavy atom. The van der Waals surface area contributed by atoms with Gasteiger partial charge in [-0.3, -0.25) is 14.9 Å². The van der Waals surface area contributed by atoms with Crippen molar-refractivity contribution in [3.05, 3.63) is 63.7 Å². The molecule has 2 aromatic rings. The van der Waals surface area contributed by atoms with Crippen molar-refractivity contribution in [2.24, 2.45) is 0 Å². The molecule has 0 aliphatic heterocycles. The highest BCUT2D eigenvalue weighted by Crippen LogP contribution is 2.18. The summed E-state index contributed by atoms with van der Waals surface area (Å²) in [6, 6.07) is 8.94. The number of hydrogen-bond acceptors (Lipinski definition) is 8. The molecule has 0 fully saturated rings. The second kappa shape index (κ2) is 10.5. The Morgan fingerprint density at radius 1 is 1.06 bits per heavy atom. The largest absolute Gasteiger partial charge is 0.497 e. The lowest BCUT2D eigenvalue weighted by Gasteiger charge is -2.09. The van der Waals surface area contributed by atoms with Crippen LogP contribution in [0.4, 0.5) is 5.69 Å². The molecule has 0 heterocycles. The number of carbonyl (C=O) groups is 2. The van der Waals surface area contributed by atoms with Crippen molar-refractivity contribution >= 4 is 27.6 Å². The van der Waals surface area contributed by atoms with Crippen LogP contribution in [-0.4, -0.2) is 52.0 Å². The number of sulfonamides is 1. The lowest BCUT2D eigenvalue weighted by atomic mass is 10.1. The molecule has 0 bridgehead atoms. The molecule has 31 heavy (non-hydrogen) atoms. The average Bonchev–Trinajstić information content (AvgIpc) is 2.76. The molecule has 0 saturated carbocycles. The summed E-state index contributed by atoms with van der Waals surface area (Å²) >= 11 is 0. The number of ether oxygens (including phenoxy) is 2. The Morgan fingerprint density at radius 3 is 2.29 bits per heavy atom. The highest BCUT2D eigenvalue weighted by Gasteiger charge is 2.19. The molecule has 166 valence electrons. The highest BCUT2D eigenvalue weighted by atomic mass is 32.2. The van der Waals surface area contributed by atoms with Gasteiger partial charge in [0.25, 0.3) is 11.6 Å². The number of amides is 1. The monoisotopic (exact) mass is 451 g/mol. The minimum atomic E-state index is -3.80. The minimum absolute atomic E-state index is 0.0254. The Hall–Kier alpha value is -3.51. The maximum atomic E-state index is 12.3. The number of esters is 1. The lowest BCUT2D eigenvalue weighted by Crippen LogP contribution is -2.34. The zero-order chi connectivity index (χ0) is 23.0. The van der Waals surface area contributed by atoms with Crippen LogP contribution in [-0.2, 0) is 14.8 Å². The second-order valence-electron chi connectivity index (χ2n) is 6.08. The van der Waals surface area contributed by atoms with Crippen LogP contribution in [0.1, 0.15) is 27.6 Å². The van der Waals surface area contributed by atoms with Gasteiger partial charge in [-0.2, -0.15) is 0 Å². The van der Waals surface area contributed by atoms with Crippen LogP contribution in [0.5, 0.6) is 5.75 Å². The van der Waals surface area contributed by atoms with Crippen molar-refractivity contribution in [1.82, 2.24) is 10.0 Å². The summed E-state index contributed by atoms with van der Waals surface area (Å²) in [5, 5.41) is 13.5. The lowest BCUT2D eigenvalue weighted by molar-refractivity contribution is -0.384. The summed E-state index contributed by atoms with van der Waals surface area (Å²) < 4.78 is 36.6. The Kier molecular flexibility index (Phi) is 8.05. The third-order valence-electron chi connectivity index (χ3n) is 3.97. The molecule has 0 aromatic heterocycles. The van der Waals surface area contributed by atoms with Gasteiger partial charge in [0.15, 0.2) is 0 Å². The summed E-state index contributed by atoms with van der Waals surface area (Å²) in [5.41, 5.74) is -0.715. The summed E-state index contributed by atoms with van der Waals surface area (Å²) in [6.07, 6.45) is 0. The van der Waals surface area contributed by atoms with Gasteiger partial charge in [0.2, 0.25) is 10.0 Å². The van der Waals surface area contributed by atoms with Crippen LogP contribution >= 0.6 is 0 Å². The van der Waals surface area contributed by atoms with E-state index in [0.717, 1.165) is 12.1 Å². The second-order valence-corrected chi connectivity index (χ2v) is 7.84. The van der Waals surface area contributed by atoms with E-state index in [1.165, 1.54) is 37.4 Å². The third kappa shape index (κ3) is 6.49. The van der Waals surface area contributed by atoms with Gasteiger partial charge in [0.05, 0.1) is 29.1 Å². The molecule has 1 amide bonds. The topological polar surface area (TPSA) is 154 Å². The number of methoxy groups -OCH3 is 1. The first-order chi connectivity index (χ1) is 14.7. The number of hydrogen-bond donors (Lipinski definition) is 2. The van der Waals surface area contributed by atoms with Crippen molar-refractivity contribution < 1.29 is 32.4 Å². The molecule has 0 spiro atoms. The van der Waals surface area contributed by atoms with Crippen LogP contribution in [0.2, 0.25) is 0 Å². The van der Waals surface area contributed by atoms with Gasteiger partial charge in [-0.05, 0) is 37.3 Å². The molecule has 12 heteroatoms. The number of nitrogens with zero attached hydrogens (tertiary/aromatic N) is 1. The first-order valence-corrected chi connectivity index (χ1v) is 10.5. The van der Waals surface area contributed by atoms with Gasteiger partial charge in [-0.1, -0.05) is 0 Å². The number of non-ortho nitro benzene ring substituents is 1. The predicted molar refractivity (Wildman–Crippen MR) is 110 cm³/mol. The highest BCUT2D eigenvalue weighted by molar-refractivity contribution is 7.89. The summed E-state index contributed by atoms with van der Waals surface area (Å²) in [6.45, 7) is 1.43. The van der Waals surface area contributed by atoms with Crippen molar-refractivity contribution in [3.63, 3.8) is 0 Å². The molecule has 0 atom stereocenters. The van der Waals surface area contributed by atoms with Crippen molar-refractivity contribution in [2.45, 2.75) is 11.8 Å². The predicted octanol–water partition coefficient (Wildman–Crippen LogP) is 1.49. The maximum absolute atomic E-state index is 12.3. The molecule has 2 rings (SSSR count). The number of rotatable bonds is 10. The van der Waals surface area contributed by atoms with Crippen LogP contribution in [0.3, 0.4) is 0 Å². The van der Waals surface area contributed by atoms with Crippen molar-refractivity contribution in [1.29, 1.82) is 0 Å². The van der Waals surface area contributed by atoms with Crippen molar-refractivity contribution in [3.8, 4) is 5.75 Å². The molecule has 0 aliphatic rings. The number of nitro groups is 1. The first kappa shape index (κ1) is 23.8. The van der Waals surface area contributed by atoms with E-state index in [1.54, 1.807) is 6.92 Å². The Labute approximate surface area is 178 Å². The normalized spacial score (nSPS) is 10.9. The SMILES string of the molecule is CCOC(=O)c1cc(C(=O)NCCNS(=O)(=O)c2ccc(OC)cc2)cc([N+](=O)[O-])c1. The molecular formula is C19H21N3O8S. The molecular weight excluding hydrogens is 430 g/mol. The fourth-order valence-electron chi connectivity index (χ4n) is 2.48. The summed E-state index contributed by atoms with van der Waals surface area (Å²) in [4.78, 5) is 34.6. The van der Waals surface area contributed by atoms with Gasteiger partial charge in [-0.25, -0.2) is 17.9 Å². The van der Waals surface area contributed by atoms with Crippen LogP contribution in [0.25, 0.3) is 0 Å². The third-order valence-corrected chi connectivity index (χ3v) is 5.45. The fourth-order valence-corrected chi connectivity index (χ4v) is 3.51. The van der Waals surface area contributed by atoms with E-state index in [1.807, 2.05) is 0 Å². The van der Waals surface area contributed by atoms with E-state index < -0.39 is 32.5 Å². The molecule has 0 saturated heterocycles. The van der Waals surface area contributed by atoms with Gasteiger partial charge in [0, 0.05) is 30.8 Å². The Balaban J connectivity index is 2.01. The number of carbonyl (C=O) groups excluding carboxylic acids is 2. The molecule has 0 radical (unpaired) electrons. The van der Waals surface area contributed by atoms with E-state index >= 15 is 0 Å². The number of benzene rings is 2. The molecule has 2 N–H and O–H groups in total. The molecule has 11 nitrogen and oxygen atoms in total. The quantitative estimate of drug-likeness (QED) is 0.238. The fraction of sp³-hybridized carbons (Fsp3) is 0.263. The van der Waals surface area contributed by atoms with E-state index in [9.17, 15) is 28.1 Å². The van der Waals surface area contributed by atoms with E-state index in [4.69, 9.17) is 9.47 Å². The summed E-state index contributed by atoms with van der Waals surface area (Å²) in [7, 11) is -2.34. The maximum Gasteiger partial charge on any atom is 0.338 e. The van der Waals surface area contributed by atoms with E-state index in [-0.39, 0.29) is 35.7 Å². The van der Waals surface area contributed by atoms with E-state index in [0.29, 0.717) is 5.75 Å². The van der Waals surface area contributed by atoms with Crippen LogP contribution in [0.15, 0.2) is 47.4 Å². The van der Waals surface area contributed by atoms with Gasteiger partial charge >= 0.3 is 5.97 Å². The summed E-state index contributed by atoms with van der Waals surface area (Å²) in [5.74, 6) is -1.00.